The first-order valence-electron chi connectivity index (χ1n) is 9.09. The summed E-state index contributed by atoms with van der Waals surface area (Å²) < 4.78 is 5.82. The fourth-order valence-electron chi connectivity index (χ4n) is 4.06. The molecule has 2 aliphatic heterocycles. The molecule has 2 aliphatic rings. The maximum absolute atomic E-state index is 12.9. The van der Waals surface area contributed by atoms with Crippen molar-refractivity contribution in [2.75, 3.05) is 12.8 Å². The number of nitrogens with zero attached hydrogens (tertiary/aromatic N) is 1. The second kappa shape index (κ2) is 7.77. The zero-order chi connectivity index (χ0) is 18.8. The number of nitrogens with two attached hydrogens (primary N) is 1. The van der Waals surface area contributed by atoms with E-state index in [1.54, 1.807) is 19.1 Å². The number of anilines is 1. The second-order valence-electron chi connectivity index (χ2n) is 7.22. The van der Waals surface area contributed by atoms with Gasteiger partial charge in [-0.2, -0.15) is 0 Å². The summed E-state index contributed by atoms with van der Waals surface area (Å²) in [6.45, 7) is 3.58. The minimum Gasteiger partial charge on any atom is -0.477 e. The molecule has 2 heterocycles. The zero-order valence-corrected chi connectivity index (χ0v) is 16.3. The van der Waals surface area contributed by atoms with Crippen molar-refractivity contribution in [1.29, 1.82) is 0 Å². The van der Waals surface area contributed by atoms with Gasteiger partial charge in [0.1, 0.15) is 5.75 Å². The largest absolute Gasteiger partial charge is 0.477 e. The third kappa shape index (κ3) is 3.92. The van der Waals surface area contributed by atoms with Crippen LogP contribution in [0.25, 0.3) is 0 Å². The number of hydrogen-bond acceptors (Lipinski definition) is 4. The van der Waals surface area contributed by atoms with Crippen molar-refractivity contribution in [2.24, 2.45) is 0 Å². The molecule has 26 heavy (non-hydrogen) atoms. The summed E-state index contributed by atoms with van der Waals surface area (Å²) in [5.41, 5.74) is 6.68. The Bertz CT molecular complexity index is 741. The van der Waals surface area contributed by atoms with Crippen LogP contribution in [-0.4, -0.2) is 42.1 Å². The van der Waals surface area contributed by atoms with Gasteiger partial charge in [-0.15, -0.1) is 5.92 Å². The third-order valence-electron chi connectivity index (χ3n) is 5.43. The highest BCUT2D eigenvalue weighted by atomic mass is 35.5. The molecule has 2 saturated heterocycles. The molecule has 3 N–H and O–H groups in total. The minimum absolute atomic E-state index is 0.174. The van der Waals surface area contributed by atoms with Crippen LogP contribution in [0.4, 0.5) is 5.69 Å². The standard InChI is InChI=1S/C20H26ClN3O2/c1-4-5-12(2)26-19-11-18(22)17(21)10-16(19)20(25)23-13-8-14-6-7-15(9-13)24(14)3/h10-15H,6-9,22H2,1-3H3,(H,23,25)/t12-,14-,15-/m0/s1. The topological polar surface area (TPSA) is 67.6 Å². The summed E-state index contributed by atoms with van der Waals surface area (Å²) in [6, 6.07) is 4.48. The highest BCUT2D eigenvalue weighted by molar-refractivity contribution is 6.33. The van der Waals surface area contributed by atoms with Gasteiger partial charge < -0.3 is 20.7 Å². The van der Waals surface area contributed by atoms with Crippen molar-refractivity contribution in [1.82, 2.24) is 10.2 Å². The van der Waals surface area contributed by atoms with Crippen molar-refractivity contribution in [3.63, 3.8) is 0 Å². The molecule has 3 rings (SSSR count). The number of nitrogen functional groups attached to an aromatic ring is 1. The van der Waals surface area contributed by atoms with Crippen LogP contribution in [0, 0.1) is 11.8 Å². The summed E-state index contributed by atoms with van der Waals surface area (Å²) >= 11 is 6.15. The molecule has 5 nitrogen and oxygen atoms in total. The average Bonchev–Trinajstić information content (AvgIpc) is 2.80. The molecule has 2 fully saturated rings. The smallest absolute Gasteiger partial charge is 0.255 e. The van der Waals surface area contributed by atoms with Crippen LogP contribution in [0.1, 0.15) is 49.9 Å². The number of carbonyl (C=O) groups is 1. The van der Waals surface area contributed by atoms with Gasteiger partial charge in [0.15, 0.2) is 6.10 Å². The molecule has 0 aliphatic carbocycles. The van der Waals surface area contributed by atoms with E-state index < -0.39 is 0 Å². The number of ether oxygens (including phenoxy) is 1. The molecular formula is C20H26ClN3O2. The number of fused-ring (bicyclic) bond motifs is 2. The summed E-state index contributed by atoms with van der Waals surface area (Å²) in [7, 11) is 2.18. The Morgan fingerprint density at radius 1 is 1.38 bits per heavy atom. The van der Waals surface area contributed by atoms with E-state index in [9.17, 15) is 4.79 Å². The SMILES string of the molecule is CC#C[C@H](C)Oc1cc(N)c(Cl)cc1C(=O)NC1C[C@@H]2CC[C@@H](C1)N2C. The molecule has 3 atom stereocenters. The van der Waals surface area contributed by atoms with Gasteiger partial charge in [0.05, 0.1) is 16.3 Å². The molecule has 0 unspecified atom stereocenters. The van der Waals surface area contributed by atoms with Crippen LogP contribution in [-0.2, 0) is 0 Å². The average molecular weight is 376 g/mol. The van der Waals surface area contributed by atoms with Crippen LogP contribution in [0.2, 0.25) is 5.02 Å². The molecule has 6 heteroatoms. The van der Waals surface area contributed by atoms with Crippen molar-refractivity contribution in [2.45, 2.75) is 63.8 Å². The number of benzene rings is 1. The van der Waals surface area contributed by atoms with Crippen LogP contribution in [0.3, 0.4) is 0 Å². The highest BCUT2D eigenvalue weighted by Crippen LogP contribution is 2.35. The number of amides is 1. The quantitative estimate of drug-likeness (QED) is 0.627. The molecule has 0 radical (unpaired) electrons. The van der Waals surface area contributed by atoms with Gasteiger partial charge in [-0.1, -0.05) is 17.5 Å². The lowest BCUT2D eigenvalue weighted by Gasteiger charge is -2.36. The number of rotatable bonds is 4. The second-order valence-corrected chi connectivity index (χ2v) is 7.62. The van der Waals surface area contributed by atoms with Crippen LogP contribution in [0.15, 0.2) is 12.1 Å². The van der Waals surface area contributed by atoms with E-state index >= 15 is 0 Å². The van der Waals surface area contributed by atoms with Crippen LogP contribution >= 0.6 is 11.6 Å². The molecule has 0 saturated carbocycles. The van der Waals surface area contributed by atoms with E-state index in [2.05, 4.69) is 29.1 Å². The monoisotopic (exact) mass is 375 g/mol. The van der Waals surface area contributed by atoms with Gasteiger partial charge in [-0.3, -0.25) is 4.79 Å². The summed E-state index contributed by atoms with van der Waals surface area (Å²) in [5.74, 6) is 5.97. The lowest BCUT2D eigenvalue weighted by Crippen LogP contribution is -2.48. The Morgan fingerprint density at radius 2 is 2.04 bits per heavy atom. The summed E-state index contributed by atoms with van der Waals surface area (Å²) in [6.07, 6.45) is 4.04. The van der Waals surface area contributed by atoms with Crippen molar-refractivity contribution < 1.29 is 9.53 Å². The number of nitrogens with one attached hydrogen (secondary N) is 1. The summed E-state index contributed by atoms with van der Waals surface area (Å²) in [4.78, 5) is 15.4. The molecular weight excluding hydrogens is 350 g/mol. The molecule has 1 amide bonds. The number of piperidine rings is 1. The molecule has 1 aromatic carbocycles. The third-order valence-corrected chi connectivity index (χ3v) is 5.76. The van der Waals surface area contributed by atoms with Crippen molar-refractivity contribution in [3.05, 3.63) is 22.7 Å². The van der Waals surface area contributed by atoms with Gasteiger partial charge in [0.25, 0.3) is 5.91 Å². The van der Waals surface area contributed by atoms with Crippen molar-refractivity contribution >= 4 is 23.2 Å². The molecule has 2 bridgehead atoms. The molecule has 0 aromatic heterocycles. The number of halogens is 1. The Labute approximate surface area is 160 Å². The number of hydrogen-bond donors (Lipinski definition) is 2. The Kier molecular flexibility index (Phi) is 5.64. The van der Waals surface area contributed by atoms with Gasteiger partial charge in [-0.25, -0.2) is 0 Å². The highest BCUT2D eigenvalue weighted by Gasteiger charge is 2.39. The maximum atomic E-state index is 12.9. The van der Waals surface area contributed by atoms with Gasteiger partial charge in [-0.05, 0) is 52.6 Å². The Morgan fingerprint density at radius 3 is 2.65 bits per heavy atom. The lowest BCUT2D eigenvalue weighted by molar-refractivity contribution is 0.0878. The Hall–Kier alpha value is -1.90. The minimum atomic E-state index is -0.341. The molecule has 140 valence electrons. The van der Waals surface area contributed by atoms with E-state index in [0.717, 1.165) is 12.8 Å². The zero-order valence-electron chi connectivity index (χ0n) is 15.5. The van der Waals surface area contributed by atoms with Crippen LogP contribution < -0.4 is 15.8 Å². The van der Waals surface area contributed by atoms with E-state index in [-0.39, 0.29) is 18.1 Å². The fraction of sp³-hybridized carbons (Fsp3) is 0.550. The first kappa shape index (κ1) is 18.9. The fourth-order valence-corrected chi connectivity index (χ4v) is 4.22. The predicted octanol–water partition coefficient (Wildman–Crippen LogP) is 3.07. The van der Waals surface area contributed by atoms with Crippen molar-refractivity contribution in [3.8, 4) is 17.6 Å². The lowest BCUT2D eigenvalue weighted by atomic mass is 9.97. The normalized spacial score (nSPS) is 25.9. The van der Waals surface area contributed by atoms with E-state index in [1.165, 1.54) is 12.8 Å². The Balaban J connectivity index is 1.77. The predicted molar refractivity (Wildman–Crippen MR) is 104 cm³/mol. The van der Waals surface area contributed by atoms with E-state index in [1.807, 2.05) is 6.92 Å². The van der Waals surface area contributed by atoms with E-state index in [0.29, 0.717) is 34.1 Å². The van der Waals surface area contributed by atoms with E-state index in [4.69, 9.17) is 22.1 Å². The number of carbonyl (C=O) groups excluding carboxylic acids is 1. The van der Waals surface area contributed by atoms with Gasteiger partial charge in [0.2, 0.25) is 0 Å². The van der Waals surface area contributed by atoms with Crippen LogP contribution in [0.5, 0.6) is 5.75 Å². The van der Waals surface area contributed by atoms with Gasteiger partial charge >= 0.3 is 0 Å². The van der Waals surface area contributed by atoms with Gasteiger partial charge in [0, 0.05) is 24.2 Å². The summed E-state index contributed by atoms with van der Waals surface area (Å²) in [5, 5.41) is 3.52. The maximum Gasteiger partial charge on any atom is 0.255 e. The first-order chi connectivity index (χ1) is 12.4. The molecule has 1 aromatic rings. The molecule has 0 spiro atoms. The first-order valence-corrected chi connectivity index (χ1v) is 9.47.